The smallest absolute Gasteiger partial charge is 0.252 e. The predicted molar refractivity (Wildman–Crippen MR) is 63.6 cm³/mol. The summed E-state index contributed by atoms with van der Waals surface area (Å²) in [5, 5.41) is 3.81. The van der Waals surface area contributed by atoms with Crippen molar-refractivity contribution in [1.82, 2.24) is 5.32 Å². The van der Waals surface area contributed by atoms with E-state index in [-0.39, 0.29) is 11.9 Å². The minimum Gasteiger partial charge on any atom is -0.345 e. The van der Waals surface area contributed by atoms with Crippen molar-refractivity contribution in [2.45, 2.75) is 31.7 Å². The van der Waals surface area contributed by atoms with E-state index in [4.69, 9.17) is 11.6 Å². The minimum absolute atomic E-state index is 0.0365. The van der Waals surface area contributed by atoms with Crippen molar-refractivity contribution < 1.29 is 4.79 Å². The first kappa shape index (κ1) is 10.2. The fourth-order valence-corrected chi connectivity index (χ4v) is 3.28. The van der Waals surface area contributed by atoms with Gasteiger partial charge in [-0.3, -0.25) is 4.79 Å². The van der Waals surface area contributed by atoms with E-state index in [0.29, 0.717) is 5.92 Å². The van der Waals surface area contributed by atoms with Crippen LogP contribution in [0.2, 0.25) is 5.02 Å². The third-order valence-electron chi connectivity index (χ3n) is 3.77. The number of hydrogen-bond donors (Lipinski definition) is 1. The van der Waals surface area contributed by atoms with Gasteiger partial charge in [0.15, 0.2) is 0 Å². The molecule has 16 heavy (non-hydrogen) atoms. The first-order valence-corrected chi connectivity index (χ1v) is 6.24. The average Bonchev–Trinajstić information content (AvgIpc) is 2.87. The summed E-state index contributed by atoms with van der Waals surface area (Å²) < 4.78 is 0. The molecule has 1 aromatic carbocycles. The molecule has 84 valence electrons. The molecule has 1 unspecified atom stereocenters. The first-order valence-electron chi connectivity index (χ1n) is 5.86. The molecule has 0 aromatic heterocycles. The Labute approximate surface area is 100.0 Å². The third kappa shape index (κ3) is 1.44. The van der Waals surface area contributed by atoms with Crippen molar-refractivity contribution in [2.75, 3.05) is 0 Å². The molecule has 1 heterocycles. The molecule has 1 atom stereocenters. The molecule has 1 aromatic rings. The molecule has 3 rings (SSSR count). The predicted octanol–water partition coefficient (Wildman–Crippen LogP) is 3.31. The molecule has 0 bridgehead atoms. The highest BCUT2D eigenvalue weighted by Gasteiger charge is 2.36. The summed E-state index contributed by atoms with van der Waals surface area (Å²) in [4.78, 5) is 11.8. The van der Waals surface area contributed by atoms with Gasteiger partial charge in [-0.2, -0.15) is 0 Å². The molecule has 1 amide bonds. The van der Waals surface area contributed by atoms with E-state index < -0.39 is 0 Å². The number of halogens is 1. The summed E-state index contributed by atoms with van der Waals surface area (Å²) in [6, 6.07) is 5.74. The number of hydrogen-bond acceptors (Lipinski definition) is 1. The molecule has 0 radical (unpaired) electrons. The van der Waals surface area contributed by atoms with Crippen LogP contribution in [0.15, 0.2) is 18.2 Å². The number of nitrogens with one attached hydrogen (secondary N) is 1. The number of carbonyl (C=O) groups is 1. The molecule has 2 aliphatic rings. The molecule has 3 heteroatoms. The fraction of sp³-hybridized carbons (Fsp3) is 0.462. The van der Waals surface area contributed by atoms with E-state index >= 15 is 0 Å². The molecule has 1 fully saturated rings. The van der Waals surface area contributed by atoms with E-state index in [1.165, 1.54) is 25.7 Å². The zero-order chi connectivity index (χ0) is 11.1. The monoisotopic (exact) mass is 235 g/mol. The summed E-state index contributed by atoms with van der Waals surface area (Å²) in [6.07, 6.45) is 4.96. The van der Waals surface area contributed by atoms with E-state index in [2.05, 4.69) is 5.32 Å². The van der Waals surface area contributed by atoms with E-state index in [0.717, 1.165) is 16.1 Å². The number of rotatable bonds is 1. The maximum Gasteiger partial charge on any atom is 0.252 e. The summed E-state index contributed by atoms with van der Waals surface area (Å²) in [5.41, 5.74) is 1.80. The Hall–Kier alpha value is -1.02. The highest BCUT2D eigenvalue weighted by molar-refractivity contribution is 6.32. The van der Waals surface area contributed by atoms with Crippen LogP contribution in [0.5, 0.6) is 0 Å². The maximum absolute atomic E-state index is 11.8. The van der Waals surface area contributed by atoms with Crippen LogP contribution in [0.25, 0.3) is 0 Å². The molecule has 1 N–H and O–H groups in total. The van der Waals surface area contributed by atoms with Gasteiger partial charge >= 0.3 is 0 Å². The highest BCUT2D eigenvalue weighted by Crippen LogP contribution is 2.42. The van der Waals surface area contributed by atoms with Crippen LogP contribution in [0.1, 0.15) is 47.6 Å². The van der Waals surface area contributed by atoms with Gasteiger partial charge < -0.3 is 5.32 Å². The van der Waals surface area contributed by atoms with Gasteiger partial charge in [0.05, 0.1) is 6.04 Å². The largest absolute Gasteiger partial charge is 0.345 e. The van der Waals surface area contributed by atoms with Crippen LogP contribution in [0.4, 0.5) is 0 Å². The van der Waals surface area contributed by atoms with Crippen molar-refractivity contribution in [2.24, 2.45) is 5.92 Å². The second-order valence-corrected chi connectivity index (χ2v) is 5.10. The quantitative estimate of drug-likeness (QED) is 0.795. The Bertz CT molecular complexity index is 438. The van der Waals surface area contributed by atoms with Crippen LogP contribution in [-0.2, 0) is 0 Å². The normalized spacial score (nSPS) is 24.6. The van der Waals surface area contributed by atoms with Gasteiger partial charge in [0.1, 0.15) is 0 Å². The minimum atomic E-state index is 0.0365. The zero-order valence-corrected chi connectivity index (χ0v) is 9.76. The number of amides is 1. The molecule has 0 saturated heterocycles. The Kier molecular flexibility index (Phi) is 2.40. The lowest BCUT2D eigenvalue weighted by Crippen LogP contribution is -2.24. The second kappa shape index (κ2) is 3.77. The number of carbonyl (C=O) groups excluding carboxylic acids is 1. The number of benzene rings is 1. The summed E-state index contributed by atoms with van der Waals surface area (Å²) in [7, 11) is 0. The van der Waals surface area contributed by atoms with Crippen molar-refractivity contribution >= 4 is 17.5 Å². The van der Waals surface area contributed by atoms with Crippen molar-refractivity contribution in [3.05, 3.63) is 34.3 Å². The summed E-state index contributed by atoms with van der Waals surface area (Å²) >= 11 is 6.22. The number of fused-ring (bicyclic) bond motifs is 1. The fourth-order valence-electron chi connectivity index (χ4n) is 2.99. The maximum atomic E-state index is 11.8. The molecule has 2 nitrogen and oxygen atoms in total. The van der Waals surface area contributed by atoms with Gasteiger partial charge in [0, 0.05) is 16.1 Å². The lowest BCUT2D eigenvalue weighted by atomic mass is 9.92. The topological polar surface area (TPSA) is 29.1 Å². The first-order chi connectivity index (χ1) is 7.77. The Morgan fingerprint density at radius 2 is 2.00 bits per heavy atom. The second-order valence-electron chi connectivity index (χ2n) is 4.70. The summed E-state index contributed by atoms with van der Waals surface area (Å²) in [6.45, 7) is 0. The van der Waals surface area contributed by atoms with Crippen molar-refractivity contribution in [1.29, 1.82) is 0 Å². The lowest BCUT2D eigenvalue weighted by Gasteiger charge is -2.19. The highest BCUT2D eigenvalue weighted by atomic mass is 35.5. The van der Waals surface area contributed by atoms with Gasteiger partial charge in [-0.25, -0.2) is 0 Å². The summed E-state index contributed by atoms with van der Waals surface area (Å²) in [5.74, 6) is 0.611. The molecule has 1 aliphatic heterocycles. The Morgan fingerprint density at radius 1 is 1.25 bits per heavy atom. The van der Waals surface area contributed by atoms with E-state index in [1.54, 1.807) is 0 Å². The Morgan fingerprint density at radius 3 is 2.75 bits per heavy atom. The van der Waals surface area contributed by atoms with Crippen LogP contribution < -0.4 is 5.32 Å². The van der Waals surface area contributed by atoms with Gasteiger partial charge in [-0.15, -0.1) is 0 Å². The van der Waals surface area contributed by atoms with Gasteiger partial charge in [0.25, 0.3) is 5.91 Å². The molecule has 0 spiro atoms. The van der Waals surface area contributed by atoms with E-state index in [9.17, 15) is 4.79 Å². The molecule has 1 saturated carbocycles. The third-order valence-corrected chi connectivity index (χ3v) is 4.10. The van der Waals surface area contributed by atoms with Gasteiger partial charge in [-0.05, 0) is 30.9 Å². The van der Waals surface area contributed by atoms with Crippen LogP contribution in [0.3, 0.4) is 0 Å². The van der Waals surface area contributed by atoms with Crippen LogP contribution >= 0.6 is 11.6 Å². The molecular weight excluding hydrogens is 222 g/mol. The van der Waals surface area contributed by atoms with Crippen molar-refractivity contribution in [3.8, 4) is 0 Å². The molecule has 1 aliphatic carbocycles. The average molecular weight is 236 g/mol. The molecular formula is C13H14ClNO. The van der Waals surface area contributed by atoms with Crippen LogP contribution in [0, 0.1) is 5.92 Å². The van der Waals surface area contributed by atoms with Gasteiger partial charge in [0.2, 0.25) is 0 Å². The van der Waals surface area contributed by atoms with Crippen molar-refractivity contribution in [3.63, 3.8) is 0 Å². The van der Waals surface area contributed by atoms with Crippen LogP contribution in [-0.4, -0.2) is 5.91 Å². The standard InChI is InChI=1S/C13H14ClNO/c14-10-7-3-6-9-11(10)12(15-13(9)16)8-4-1-2-5-8/h3,6-8,12H,1-2,4-5H2,(H,15,16). The van der Waals surface area contributed by atoms with E-state index in [1.807, 2.05) is 18.2 Å². The SMILES string of the molecule is O=C1NC(C2CCCC2)c2c(Cl)cccc21. The lowest BCUT2D eigenvalue weighted by molar-refractivity contribution is 0.0946. The Balaban J connectivity index is 2.03. The zero-order valence-electron chi connectivity index (χ0n) is 9.00. The van der Waals surface area contributed by atoms with Gasteiger partial charge in [-0.1, -0.05) is 30.5 Å².